The number of methoxy groups -OCH3 is 2. The average Bonchev–Trinajstić information content (AvgIpc) is 3.05. The van der Waals surface area contributed by atoms with Gasteiger partial charge >= 0.3 is 7.05 Å². The summed E-state index contributed by atoms with van der Waals surface area (Å²) in [6.45, 7) is 9.32. The zero-order valence-corrected chi connectivity index (χ0v) is 18.8. The first kappa shape index (κ1) is 24.0. The second-order valence-corrected chi connectivity index (χ2v) is 8.63. The van der Waals surface area contributed by atoms with Crippen molar-refractivity contribution in [2.45, 2.75) is 46.0 Å². The monoisotopic (exact) mass is 406 g/mol. The minimum Gasteiger partial charge on any atom is -0.493 e. The molecule has 3 N–H and O–H groups in total. The molecule has 0 spiro atoms. The first-order valence-electron chi connectivity index (χ1n) is 10.8. The van der Waals surface area contributed by atoms with Gasteiger partial charge in [0.2, 0.25) is 0 Å². The van der Waals surface area contributed by atoms with Crippen LogP contribution in [-0.4, -0.2) is 63.5 Å². The topological polar surface area (TPSA) is 77.2 Å². The molecular weight excluding hydrogens is 367 g/mol. The van der Waals surface area contributed by atoms with Gasteiger partial charge in [0.1, 0.15) is 0 Å². The highest BCUT2D eigenvalue weighted by Crippen LogP contribution is 2.33. The van der Waals surface area contributed by atoms with Crippen LogP contribution in [0.4, 0.5) is 0 Å². The molecule has 1 aromatic rings. The van der Waals surface area contributed by atoms with Gasteiger partial charge in [-0.15, -0.1) is 0 Å². The van der Waals surface area contributed by atoms with E-state index in [2.05, 4.69) is 30.8 Å². The lowest BCUT2D eigenvalue weighted by Gasteiger charge is -2.26. The van der Waals surface area contributed by atoms with Crippen LogP contribution in [0.5, 0.6) is 11.5 Å². The van der Waals surface area contributed by atoms with Crippen molar-refractivity contribution in [3.05, 3.63) is 23.8 Å². The number of hydrogen-bond acceptors (Lipinski definition) is 6. The number of nitrogens with two attached hydrogens (primary N) is 1. The van der Waals surface area contributed by atoms with Gasteiger partial charge in [-0.1, -0.05) is 19.9 Å². The highest BCUT2D eigenvalue weighted by molar-refractivity contribution is 6.45. The summed E-state index contributed by atoms with van der Waals surface area (Å²) in [6.07, 6.45) is 2.89. The van der Waals surface area contributed by atoms with Crippen LogP contribution in [0.2, 0.25) is 6.82 Å². The van der Waals surface area contributed by atoms with Crippen molar-refractivity contribution in [1.82, 2.24) is 4.81 Å². The van der Waals surface area contributed by atoms with Crippen LogP contribution < -0.4 is 15.2 Å². The fourth-order valence-electron chi connectivity index (χ4n) is 4.11. The maximum atomic E-state index is 9.89. The average molecular weight is 406 g/mol. The first-order chi connectivity index (χ1) is 13.8. The molecule has 0 unspecified atom stereocenters. The molecule has 1 aliphatic rings. The summed E-state index contributed by atoms with van der Waals surface area (Å²) >= 11 is 0. The Morgan fingerprint density at radius 1 is 1.21 bits per heavy atom. The van der Waals surface area contributed by atoms with Crippen molar-refractivity contribution in [1.29, 1.82) is 0 Å². The van der Waals surface area contributed by atoms with Crippen molar-refractivity contribution in [2.24, 2.45) is 23.5 Å². The third kappa shape index (κ3) is 7.17. The molecule has 0 saturated carbocycles. The molecule has 1 fully saturated rings. The van der Waals surface area contributed by atoms with Gasteiger partial charge < -0.3 is 29.8 Å². The summed E-state index contributed by atoms with van der Waals surface area (Å²) in [7, 11) is 2.94. The van der Waals surface area contributed by atoms with Gasteiger partial charge in [-0.2, -0.15) is 0 Å². The maximum Gasteiger partial charge on any atom is 0.376 e. The van der Waals surface area contributed by atoms with Gasteiger partial charge in [0, 0.05) is 32.7 Å². The molecule has 0 amide bonds. The van der Waals surface area contributed by atoms with E-state index < -0.39 is 7.05 Å². The van der Waals surface area contributed by atoms with Gasteiger partial charge in [-0.3, -0.25) is 0 Å². The molecule has 1 heterocycles. The van der Waals surface area contributed by atoms with Crippen molar-refractivity contribution >= 4 is 7.05 Å². The summed E-state index contributed by atoms with van der Waals surface area (Å²) in [4.78, 5) is 2.08. The molecule has 164 valence electrons. The van der Waals surface area contributed by atoms with E-state index >= 15 is 0 Å². The van der Waals surface area contributed by atoms with E-state index in [1.807, 2.05) is 12.9 Å². The molecule has 7 heteroatoms. The van der Waals surface area contributed by atoms with Gasteiger partial charge in [-0.25, -0.2) is 0 Å². The molecule has 1 aliphatic heterocycles. The second-order valence-electron chi connectivity index (χ2n) is 8.63. The van der Waals surface area contributed by atoms with Gasteiger partial charge in [0.15, 0.2) is 11.5 Å². The number of ether oxygens (including phenoxy) is 3. The zero-order chi connectivity index (χ0) is 21.4. The minimum absolute atomic E-state index is 0.126. The number of rotatable bonds is 12. The van der Waals surface area contributed by atoms with Gasteiger partial charge in [0.25, 0.3) is 0 Å². The molecule has 3 atom stereocenters. The molecule has 6 nitrogen and oxygen atoms in total. The maximum absolute atomic E-state index is 9.89. The van der Waals surface area contributed by atoms with Crippen LogP contribution in [0.15, 0.2) is 18.2 Å². The van der Waals surface area contributed by atoms with Gasteiger partial charge in [0.05, 0.1) is 13.7 Å². The highest BCUT2D eigenvalue weighted by atomic mass is 16.5. The van der Waals surface area contributed by atoms with E-state index in [-0.39, 0.29) is 6.04 Å². The third-order valence-corrected chi connectivity index (χ3v) is 6.07. The fraction of sp³-hybridized carbons (Fsp3) is 0.727. The predicted octanol–water partition coefficient (Wildman–Crippen LogP) is 2.68. The molecular formula is C22H39BN2O4. The molecule has 0 aromatic heterocycles. The summed E-state index contributed by atoms with van der Waals surface area (Å²) in [5, 5.41) is 9.89. The Bertz CT molecular complexity index is 614. The van der Waals surface area contributed by atoms with Crippen LogP contribution in [0, 0.1) is 17.8 Å². The Morgan fingerprint density at radius 2 is 1.97 bits per heavy atom. The minimum atomic E-state index is -0.428. The number of hydrogen-bond donors (Lipinski definition) is 2. The van der Waals surface area contributed by atoms with E-state index in [0.29, 0.717) is 31.0 Å². The summed E-state index contributed by atoms with van der Waals surface area (Å²) < 4.78 is 16.5. The largest absolute Gasteiger partial charge is 0.493 e. The SMILES string of the molecule is COCCCOc1cc(C[C@@H](C[C@@H]2CN(B(C)O)C[C@H]2N)C(C)C)ccc1OC. The molecule has 1 aromatic carbocycles. The Labute approximate surface area is 176 Å². The lowest BCUT2D eigenvalue weighted by molar-refractivity contribution is 0.170. The van der Waals surface area contributed by atoms with Crippen molar-refractivity contribution in [3.8, 4) is 11.5 Å². The Hall–Kier alpha value is -1.28. The van der Waals surface area contributed by atoms with Crippen molar-refractivity contribution < 1.29 is 19.2 Å². The molecule has 29 heavy (non-hydrogen) atoms. The standard InChI is InChI=1S/C22H39BN2O4/c1-16(2)18(13-19-14-25(23(3)26)15-20(19)24)11-17-7-8-21(28-5)22(12-17)29-10-6-9-27-4/h7-8,12,16,18-20,26H,6,9-11,13-15,24H2,1-5H3/t18-,19+,20+/m0/s1. The lowest BCUT2D eigenvalue weighted by atomic mass is 9.80. The summed E-state index contributed by atoms with van der Waals surface area (Å²) in [5.74, 6) is 3.05. The molecule has 1 saturated heterocycles. The zero-order valence-electron chi connectivity index (χ0n) is 18.8. The van der Waals surface area contributed by atoms with Crippen LogP contribution in [0.1, 0.15) is 32.3 Å². The second kappa shape index (κ2) is 11.8. The van der Waals surface area contributed by atoms with Crippen LogP contribution in [0.25, 0.3) is 0 Å². The van der Waals surface area contributed by atoms with Crippen LogP contribution in [-0.2, 0) is 11.2 Å². The van der Waals surface area contributed by atoms with E-state index in [4.69, 9.17) is 19.9 Å². The summed E-state index contributed by atoms with van der Waals surface area (Å²) in [5.41, 5.74) is 7.65. The predicted molar refractivity (Wildman–Crippen MR) is 119 cm³/mol. The fourth-order valence-corrected chi connectivity index (χ4v) is 4.11. The Morgan fingerprint density at radius 3 is 2.55 bits per heavy atom. The Kier molecular flexibility index (Phi) is 9.76. The first-order valence-corrected chi connectivity index (χ1v) is 10.8. The van der Waals surface area contributed by atoms with E-state index in [1.165, 1.54) is 5.56 Å². The summed E-state index contributed by atoms with van der Waals surface area (Å²) in [6, 6.07) is 6.36. The van der Waals surface area contributed by atoms with Gasteiger partial charge in [-0.05, 0) is 61.7 Å². The third-order valence-electron chi connectivity index (χ3n) is 6.07. The number of benzene rings is 1. The smallest absolute Gasteiger partial charge is 0.376 e. The van der Waals surface area contributed by atoms with E-state index in [1.54, 1.807) is 14.2 Å². The number of nitrogens with zero attached hydrogens (tertiary/aromatic N) is 1. The van der Waals surface area contributed by atoms with Crippen LogP contribution in [0.3, 0.4) is 0 Å². The van der Waals surface area contributed by atoms with E-state index in [9.17, 15) is 5.02 Å². The lowest BCUT2D eigenvalue weighted by Crippen LogP contribution is -2.36. The normalized spacial score (nSPS) is 20.8. The molecule has 2 rings (SSSR count). The Balaban J connectivity index is 2.04. The van der Waals surface area contributed by atoms with Crippen molar-refractivity contribution in [2.75, 3.05) is 40.5 Å². The molecule has 0 bridgehead atoms. The molecule has 0 aliphatic carbocycles. The molecule has 0 radical (unpaired) electrons. The van der Waals surface area contributed by atoms with Crippen molar-refractivity contribution in [3.63, 3.8) is 0 Å². The quantitative estimate of drug-likeness (QED) is 0.411. The van der Waals surface area contributed by atoms with E-state index in [0.717, 1.165) is 43.9 Å². The van der Waals surface area contributed by atoms with Crippen LogP contribution >= 0.6 is 0 Å². The highest BCUT2D eigenvalue weighted by Gasteiger charge is 2.35.